The molecule has 3 rings (SSSR count). The third kappa shape index (κ3) is 2.98. The Balaban J connectivity index is 1.73. The summed E-state index contributed by atoms with van der Waals surface area (Å²) in [7, 11) is -3.37. The summed E-state index contributed by atoms with van der Waals surface area (Å²) in [6.45, 7) is 2.06. The maximum atomic E-state index is 12.6. The Morgan fingerprint density at radius 1 is 1.05 bits per heavy atom. The molecule has 3 heterocycles. The van der Waals surface area contributed by atoms with Crippen LogP contribution in [0.5, 0.6) is 0 Å². The third-order valence-electron chi connectivity index (χ3n) is 4.42. The first-order valence-corrected chi connectivity index (χ1v) is 8.89. The fourth-order valence-corrected chi connectivity index (χ4v) is 4.89. The molecule has 0 amide bonds. The molecule has 2 aliphatic heterocycles. The first-order chi connectivity index (χ1) is 10.1. The molecule has 0 spiro atoms. The number of rotatable bonds is 3. The number of nitrogens with zero attached hydrogens (tertiary/aromatic N) is 4. The number of imidazole rings is 1. The van der Waals surface area contributed by atoms with Gasteiger partial charge in [0.25, 0.3) is 10.2 Å². The van der Waals surface area contributed by atoms with Crippen LogP contribution in [0.3, 0.4) is 0 Å². The molecule has 1 aromatic heterocycles. The smallest absolute Gasteiger partial charge is 0.281 e. The van der Waals surface area contributed by atoms with Crippen molar-refractivity contribution < 1.29 is 13.5 Å². The molecule has 0 saturated carbocycles. The lowest BCUT2D eigenvalue weighted by Gasteiger charge is -2.25. The third-order valence-corrected chi connectivity index (χ3v) is 6.45. The van der Waals surface area contributed by atoms with E-state index in [0.717, 1.165) is 12.8 Å². The van der Waals surface area contributed by atoms with Gasteiger partial charge in [0.2, 0.25) is 0 Å². The van der Waals surface area contributed by atoms with Crippen molar-refractivity contribution in [1.29, 1.82) is 0 Å². The van der Waals surface area contributed by atoms with Gasteiger partial charge in [0.1, 0.15) is 0 Å². The van der Waals surface area contributed by atoms with Gasteiger partial charge < -0.3 is 9.67 Å². The highest BCUT2D eigenvalue weighted by Crippen LogP contribution is 2.26. The molecule has 7 nitrogen and oxygen atoms in total. The molecular formula is C13H22N4O3S. The zero-order valence-corrected chi connectivity index (χ0v) is 12.8. The molecule has 2 saturated heterocycles. The zero-order chi connectivity index (χ0) is 14.9. The van der Waals surface area contributed by atoms with E-state index in [1.807, 2.05) is 10.8 Å². The van der Waals surface area contributed by atoms with Gasteiger partial charge in [-0.15, -0.1) is 0 Å². The molecule has 2 aliphatic rings. The molecule has 0 radical (unpaired) electrons. The Labute approximate surface area is 125 Å². The van der Waals surface area contributed by atoms with Crippen molar-refractivity contribution in [2.24, 2.45) is 0 Å². The lowest BCUT2D eigenvalue weighted by atomic mass is 10.1. The second-order valence-corrected chi connectivity index (χ2v) is 7.66. The van der Waals surface area contributed by atoms with Crippen molar-refractivity contribution in [2.75, 3.05) is 26.2 Å². The van der Waals surface area contributed by atoms with Gasteiger partial charge in [-0.1, -0.05) is 0 Å². The fourth-order valence-electron chi connectivity index (χ4n) is 3.18. The molecular weight excluding hydrogens is 292 g/mol. The second kappa shape index (κ2) is 6.04. The van der Waals surface area contributed by atoms with Gasteiger partial charge in [0.15, 0.2) is 0 Å². The summed E-state index contributed by atoms with van der Waals surface area (Å²) >= 11 is 0. The van der Waals surface area contributed by atoms with Crippen LogP contribution in [0, 0.1) is 0 Å². The molecule has 1 aromatic rings. The van der Waals surface area contributed by atoms with Gasteiger partial charge in [0.05, 0.1) is 18.5 Å². The standard InChI is InChI=1S/C13H22N4O3S/c18-13-4-9-17(21(19,20)16-6-1-2-7-16)8-3-12(13)15-10-5-14-11-15/h5,10-13,18H,1-4,6-9H2/t12-,13-/m0/s1. The number of hydrogen-bond acceptors (Lipinski definition) is 4. The van der Waals surface area contributed by atoms with Crippen LogP contribution in [-0.4, -0.2) is 64.0 Å². The first-order valence-electron chi connectivity index (χ1n) is 7.50. The van der Waals surface area contributed by atoms with E-state index in [2.05, 4.69) is 4.98 Å². The van der Waals surface area contributed by atoms with Crippen LogP contribution in [0.1, 0.15) is 31.7 Å². The molecule has 118 valence electrons. The van der Waals surface area contributed by atoms with E-state index >= 15 is 0 Å². The van der Waals surface area contributed by atoms with Crippen molar-refractivity contribution in [3.8, 4) is 0 Å². The van der Waals surface area contributed by atoms with Crippen LogP contribution in [0.15, 0.2) is 18.7 Å². The van der Waals surface area contributed by atoms with Crippen LogP contribution in [0.2, 0.25) is 0 Å². The van der Waals surface area contributed by atoms with Crippen LogP contribution >= 0.6 is 0 Å². The van der Waals surface area contributed by atoms with Gasteiger partial charge in [0, 0.05) is 38.6 Å². The van der Waals surface area contributed by atoms with E-state index in [4.69, 9.17) is 0 Å². The summed E-state index contributed by atoms with van der Waals surface area (Å²) in [5.41, 5.74) is 0. The Bertz CT molecular complexity index is 554. The Morgan fingerprint density at radius 2 is 1.71 bits per heavy atom. The SMILES string of the molecule is O=S(=O)(N1CCCC1)N1CC[C@H](O)[C@@H](n2ccnc2)CC1. The fraction of sp³-hybridized carbons (Fsp3) is 0.769. The molecule has 0 aromatic carbocycles. The Kier molecular flexibility index (Phi) is 4.30. The number of hydrogen-bond donors (Lipinski definition) is 1. The minimum atomic E-state index is -3.37. The topological polar surface area (TPSA) is 78.7 Å². The van der Waals surface area contributed by atoms with Gasteiger partial charge in [-0.3, -0.25) is 0 Å². The van der Waals surface area contributed by atoms with Gasteiger partial charge in [-0.05, 0) is 25.7 Å². The molecule has 0 aliphatic carbocycles. The number of aliphatic hydroxyl groups excluding tert-OH is 1. The van der Waals surface area contributed by atoms with Gasteiger partial charge in [-0.25, -0.2) is 4.98 Å². The Morgan fingerprint density at radius 3 is 2.38 bits per heavy atom. The molecule has 0 bridgehead atoms. The van der Waals surface area contributed by atoms with Crippen LogP contribution in [0.4, 0.5) is 0 Å². The predicted octanol–water partition coefficient (Wildman–Crippen LogP) is 0.222. The van der Waals surface area contributed by atoms with E-state index in [1.165, 1.54) is 4.31 Å². The highest BCUT2D eigenvalue weighted by molar-refractivity contribution is 7.86. The summed E-state index contributed by atoms with van der Waals surface area (Å²) in [5.74, 6) is 0. The summed E-state index contributed by atoms with van der Waals surface area (Å²) in [5, 5.41) is 10.3. The van der Waals surface area contributed by atoms with Crippen molar-refractivity contribution in [2.45, 2.75) is 37.8 Å². The molecule has 8 heteroatoms. The summed E-state index contributed by atoms with van der Waals surface area (Å²) < 4.78 is 30.1. The van der Waals surface area contributed by atoms with Crippen LogP contribution < -0.4 is 0 Å². The monoisotopic (exact) mass is 314 g/mol. The molecule has 2 fully saturated rings. The summed E-state index contributed by atoms with van der Waals surface area (Å²) in [6, 6.07) is -0.105. The van der Waals surface area contributed by atoms with Gasteiger partial charge >= 0.3 is 0 Å². The highest BCUT2D eigenvalue weighted by Gasteiger charge is 2.35. The zero-order valence-electron chi connectivity index (χ0n) is 12.0. The van der Waals surface area contributed by atoms with E-state index in [-0.39, 0.29) is 6.04 Å². The molecule has 2 atom stereocenters. The number of aliphatic hydroxyl groups is 1. The molecule has 21 heavy (non-hydrogen) atoms. The molecule has 0 unspecified atom stereocenters. The van der Waals surface area contributed by atoms with E-state index in [1.54, 1.807) is 16.8 Å². The van der Waals surface area contributed by atoms with E-state index in [0.29, 0.717) is 39.0 Å². The second-order valence-electron chi connectivity index (χ2n) is 5.73. The predicted molar refractivity (Wildman–Crippen MR) is 77.8 cm³/mol. The average Bonchev–Trinajstić information content (AvgIpc) is 3.12. The Hall–Kier alpha value is -0.960. The normalized spacial score (nSPS) is 29.6. The van der Waals surface area contributed by atoms with Crippen LogP contribution in [-0.2, 0) is 10.2 Å². The summed E-state index contributed by atoms with van der Waals surface area (Å²) in [6.07, 6.45) is 7.56. The average molecular weight is 314 g/mol. The van der Waals surface area contributed by atoms with Crippen molar-refractivity contribution in [3.05, 3.63) is 18.7 Å². The number of aromatic nitrogens is 2. The highest BCUT2D eigenvalue weighted by atomic mass is 32.2. The minimum absolute atomic E-state index is 0.105. The minimum Gasteiger partial charge on any atom is -0.391 e. The quantitative estimate of drug-likeness (QED) is 0.866. The maximum absolute atomic E-state index is 12.6. The van der Waals surface area contributed by atoms with Gasteiger partial charge in [-0.2, -0.15) is 17.0 Å². The van der Waals surface area contributed by atoms with E-state index in [9.17, 15) is 13.5 Å². The van der Waals surface area contributed by atoms with E-state index < -0.39 is 16.3 Å². The largest absolute Gasteiger partial charge is 0.391 e. The van der Waals surface area contributed by atoms with Crippen LogP contribution in [0.25, 0.3) is 0 Å². The molecule has 1 N–H and O–H groups in total. The van der Waals surface area contributed by atoms with Crippen molar-refractivity contribution in [3.63, 3.8) is 0 Å². The van der Waals surface area contributed by atoms with Crippen molar-refractivity contribution in [1.82, 2.24) is 18.2 Å². The lowest BCUT2D eigenvalue weighted by Crippen LogP contribution is -2.43. The lowest BCUT2D eigenvalue weighted by molar-refractivity contribution is 0.108. The first kappa shape index (κ1) is 15.0. The summed E-state index contributed by atoms with van der Waals surface area (Å²) in [4.78, 5) is 4.01. The van der Waals surface area contributed by atoms with Crippen molar-refractivity contribution >= 4 is 10.2 Å². The maximum Gasteiger partial charge on any atom is 0.281 e.